The van der Waals surface area contributed by atoms with Crippen molar-refractivity contribution in [3.8, 4) is 11.3 Å². The van der Waals surface area contributed by atoms with Crippen LogP contribution in [-0.4, -0.2) is 32.6 Å². The number of carbonyl (C=O) groups is 1. The molecule has 0 aliphatic carbocycles. The third kappa shape index (κ3) is 3.00. The van der Waals surface area contributed by atoms with Crippen molar-refractivity contribution >= 4 is 28.6 Å². The van der Waals surface area contributed by atoms with Gasteiger partial charge in [0, 0.05) is 17.8 Å². The van der Waals surface area contributed by atoms with Gasteiger partial charge in [-0.1, -0.05) is 18.2 Å². The number of hydrogen-bond donors (Lipinski definition) is 2. The smallest absolute Gasteiger partial charge is 0.352 e. The predicted molar refractivity (Wildman–Crippen MR) is 108 cm³/mol. The molecule has 29 heavy (non-hydrogen) atoms. The lowest BCUT2D eigenvalue weighted by molar-refractivity contribution is 0.0691. The van der Waals surface area contributed by atoms with Crippen molar-refractivity contribution in [1.82, 2.24) is 15.0 Å². The number of nitrogens with one attached hydrogen (secondary N) is 1. The Balaban J connectivity index is 1.75. The van der Waals surface area contributed by atoms with Crippen molar-refractivity contribution in [2.45, 2.75) is 12.8 Å². The van der Waals surface area contributed by atoms with Crippen molar-refractivity contribution < 1.29 is 14.3 Å². The number of H-pyrrole nitrogens is 1. The van der Waals surface area contributed by atoms with Gasteiger partial charge in [0.1, 0.15) is 22.7 Å². The van der Waals surface area contributed by atoms with Crippen LogP contribution < -0.4 is 4.90 Å². The zero-order valence-electron chi connectivity index (χ0n) is 15.4. The maximum absolute atomic E-state index is 13.5. The minimum Gasteiger partial charge on any atom is -0.477 e. The highest BCUT2D eigenvalue weighted by Crippen LogP contribution is 2.38. The molecule has 0 bridgehead atoms. The third-order valence-electron chi connectivity index (χ3n) is 5.15. The number of halogens is 1. The Labute approximate surface area is 165 Å². The van der Waals surface area contributed by atoms with Gasteiger partial charge in [-0.15, -0.1) is 0 Å². The summed E-state index contributed by atoms with van der Waals surface area (Å²) in [5.74, 6) is -0.782. The van der Waals surface area contributed by atoms with Gasteiger partial charge in [-0.2, -0.15) is 0 Å². The maximum atomic E-state index is 13.5. The molecular weight excluding hydrogens is 371 g/mol. The minimum atomic E-state index is -1.07. The Morgan fingerprint density at radius 2 is 1.90 bits per heavy atom. The van der Waals surface area contributed by atoms with Gasteiger partial charge in [-0.3, -0.25) is 0 Å². The number of carboxylic acids is 1. The van der Waals surface area contributed by atoms with E-state index in [9.17, 15) is 14.3 Å². The zero-order valence-corrected chi connectivity index (χ0v) is 15.4. The molecule has 0 unspecified atom stereocenters. The normalized spacial score (nSPS) is 13.5. The Hall–Kier alpha value is -3.74. The minimum absolute atomic E-state index is 0.0289. The second kappa shape index (κ2) is 6.70. The first-order valence-electron chi connectivity index (χ1n) is 9.35. The maximum Gasteiger partial charge on any atom is 0.352 e. The fraction of sp³-hybridized carbons (Fsp3) is 0.136. The first-order valence-corrected chi connectivity index (χ1v) is 9.35. The van der Waals surface area contributed by atoms with Crippen LogP contribution in [-0.2, 0) is 6.42 Å². The first-order chi connectivity index (χ1) is 14.1. The van der Waals surface area contributed by atoms with Crippen LogP contribution in [0.4, 0.5) is 15.9 Å². The molecule has 0 spiro atoms. The highest BCUT2D eigenvalue weighted by Gasteiger charge is 2.24. The molecule has 2 aromatic heterocycles. The van der Waals surface area contributed by atoms with Gasteiger partial charge in [0.05, 0.1) is 0 Å². The average Bonchev–Trinajstić information content (AvgIpc) is 3.16. The van der Waals surface area contributed by atoms with Gasteiger partial charge in [0.2, 0.25) is 0 Å². The number of fused-ring (bicyclic) bond motifs is 2. The summed E-state index contributed by atoms with van der Waals surface area (Å²) in [6.07, 6.45) is 1.95. The number of carboxylic acid groups (broad SMARTS) is 1. The quantitative estimate of drug-likeness (QED) is 0.538. The second-order valence-corrected chi connectivity index (χ2v) is 7.01. The number of aromatic carboxylic acids is 1. The van der Waals surface area contributed by atoms with Crippen molar-refractivity contribution in [1.29, 1.82) is 0 Å². The molecule has 0 amide bonds. The second-order valence-electron chi connectivity index (χ2n) is 7.01. The van der Waals surface area contributed by atoms with Crippen molar-refractivity contribution in [2.75, 3.05) is 11.4 Å². The first kappa shape index (κ1) is 17.4. The van der Waals surface area contributed by atoms with Crippen LogP contribution in [0.15, 0.2) is 54.6 Å². The summed E-state index contributed by atoms with van der Waals surface area (Å²) in [7, 11) is 0. The van der Waals surface area contributed by atoms with Crippen molar-refractivity contribution in [2.24, 2.45) is 0 Å². The summed E-state index contributed by atoms with van der Waals surface area (Å²) < 4.78 is 13.5. The van der Waals surface area contributed by atoms with E-state index in [4.69, 9.17) is 9.97 Å². The highest BCUT2D eigenvalue weighted by atomic mass is 19.1. The van der Waals surface area contributed by atoms with Gasteiger partial charge in [-0.05, 0) is 54.8 Å². The van der Waals surface area contributed by atoms with E-state index in [2.05, 4.69) is 16.0 Å². The molecule has 0 saturated carbocycles. The number of rotatable bonds is 3. The molecule has 0 fully saturated rings. The molecule has 1 aliphatic rings. The molecular formula is C22H17FN4O2. The molecule has 0 saturated heterocycles. The van der Waals surface area contributed by atoms with Gasteiger partial charge in [0.15, 0.2) is 11.5 Å². The van der Waals surface area contributed by atoms with E-state index in [1.165, 1.54) is 23.8 Å². The molecule has 144 valence electrons. The number of nitrogens with zero attached hydrogens (tertiary/aromatic N) is 3. The number of aromatic amines is 1. The molecule has 1 aliphatic heterocycles. The monoisotopic (exact) mass is 388 g/mol. The zero-order chi connectivity index (χ0) is 20.0. The Bertz CT molecular complexity index is 1230. The highest BCUT2D eigenvalue weighted by molar-refractivity contribution is 5.93. The largest absolute Gasteiger partial charge is 0.477 e. The van der Waals surface area contributed by atoms with Gasteiger partial charge in [0.25, 0.3) is 0 Å². The lowest BCUT2D eigenvalue weighted by Gasteiger charge is -2.31. The number of aromatic nitrogens is 3. The van der Waals surface area contributed by atoms with Crippen LogP contribution in [0.5, 0.6) is 0 Å². The van der Waals surface area contributed by atoms with Gasteiger partial charge in [-0.25, -0.2) is 19.2 Å². The number of benzene rings is 2. The Kier molecular flexibility index (Phi) is 4.01. The van der Waals surface area contributed by atoms with E-state index >= 15 is 0 Å². The number of hydrogen-bond acceptors (Lipinski definition) is 4. The average molecular weight is 388 g/mol. The summed E-state index contributed by atoms with van der Waals surface area (Å²) in [6.45, 7) is 0.762. The van der Waals surface area contributed by atoms with E-state index in [1.807, 2.05) is 18.2 Å². The topological polar surface area (TPSA) is 82.1 Å². The summed E-state index contributed by atoms with van der Waals surface area (Å²) in [5.41, 5.74) is 4.48. The Morgan fingerprint density at radius 3 is 2.69 bits per heavy atom. The van der Waals surface area contributed by atoms with Crippen molar-refractivity contribution in [3.63, 3.8) is 0 Å². The Morgan fingerprint density at radius 1 is 1.10 bits per heavy atom. The molecule has 5 rings (SSSR count). The van der Waals surface area contributed by atoms with Gasteiger partial charge < -0.3 is 15.0 Å². The van der Waals surface area contributed by atoms with Crippen molar-refractivity contribution in [3.05, 3.63) is 71.7 Å². The lowest BCUT2D eigenvalue weighted by atomic mass is 10.0. The van der Waals surface area contributed by atoms with E-state index < -0.39 is 5.97 Å². The van der Waals surface area contributed by atoms with E-state index in [0.29, 0.717) is 22.7 Å². The fourth-order valence-corrected chi connectivity index (χ4v) is 3.79. The molecule has 7 heteroatoms. The van der Waals surface area contributed by atoms with E-state index in [-0.39, 0.29) is 11.5 Å². The van der Waals surface area contributed by atoms with Crippen LogP contribution in [0.25, 0.3) is 22.4 Å². The molecule has 2 aromatic carbocycles. The molecule has 0 atom stereocenters. The predicted octanol–water partition coefficient (Wildman–Crippen LogP) is 4.55. The van der Waals surface area contributed by atoms with Crippen LogP contribution in [0.2, 0.25) is 0 Å². The summed E-state index contributed by atoms with van der Waals surface area (Å²) in [5, 5.41) is 9.31. The molecule has 6 nitrogen and oxygen atoms in total. The lowest BCUT2D eigenvalue weighted by Crippen LogP contribution is -2.26. The fourth-order valence-electron chi connectivity index (χ4n) is 3.79. The number of anilines is 2. The van der Waals surface area contributed by atoms with Crippen LogP contribution in [0, 0.1) is 5.82 Å². The molecule has 4 aromatic rings. The molecule has 0 radical (unpaired) electrons. The molecule has 2 N–H and O–H groups in total. The van der Waals surface area contributed by atoms with E-state index in [0.717, 1.165) is 30.6 Å². The summed E-state index contributed by atoms with van der Waals surface area (Å²) in [6, 6.07) is 15.7. The van der Waals surface area contributed by atoms with Crippen LogP contribution in [0.1, 0.15) is 22.5 Å². The standard InChI is InChI=1S/C22H17FN4O2/c23-15-9-7-14(8-10-15)19-21(26-20-16(24-19)12-17(25-20)22(28)29)27-11-3-5-13-4-1-2-6-18(13)27/h1-2,4,6-10,12H,3,5,11H2,(H,25,26)(H,28,29). The molecule has 3 heterocycles. The SMILES string of the molecule is O=C(O)c1cc2nc(-c3ccc(F)cc3)c(N3CCCc4ccccc43)nc2[nH]1. The number of para-hydroxylation sites is 1. The van der Waals surface area contributed by atoms with E-state index in [1.54, 1.807) is 12.1 Å². The summed E-state index contributed by atoms with van der Waals surface area (Å²) in [4.78, 5) is 25.8. The van der Waals surface area contributed by atoms with Crippen LogP contribution >= 0.6 is 0 Å². The van der Waals surface area contributed by atoms with Gasteiger partial charge >= 0.3 is 5.97 Å². The summed E-state index contributed by atoms with van der Waals surface area (Å²) >= 11 is 0. The third-order valence-corrected chi connectivity index (χ3v) is 5.15. The number of aryl methyl sites for hydroxylation is 1. The van der Waals surface area contributed by atoms with Crippen LogP contribution in [0.3, 0.4) is 0 Å².